The molecule has 1 rings (SSSR count). The number of amides is 2. The maximum absolute atomic E-state index is 10.9. The molecule has 0 bridgehead atoms. The van der Waals surface area contributed by atoms with Gasteiger partial charge in [0.1, 0.15) is 0 Å². The molecular weight excluding hydrogens is 172 g/mol. The van der Waals surface area contributed by atoms with E-state index in [0.29, 0.717) is 0 Å². The highest BCUT2D eigenvalue weighted by molar-refractivity contribution is 5.94. The third-order valence-corrected chi connectivity index (χ3v) is 1.94. The van der Waals surface area contributed by atoms with Gasteiger partial charge in [-0.05, 0) is 6.08 Å². The highest BCUT2D eigenvalue weighted by Crippen LogP contribution is 2.23. The van der Waals surface area contributed by atoms with Gasteiger partial charge in [-0.25, -0.2) is 0 Å². The third kappa shape index (κ3) is 1.46. The normalized spacial score (nSPS) is 31.6. The summed E-state index contributed by atoms with van der Waals surface area (Å²) in [7, 11) is 0. The van der Waals surface area contributed by atoms with E-state index < -0.39 is 23.3 Å². The van der Waals surface area contributed by atoms with E-state index in [9.17, 15) is 14.7 Å². The molecule has 2 atom stereocenters. The fraction of sp³-hybridized carbons (Fsp3) is 0.250. The molecule has 0 fully saturated rings. The van der Waals surface area contributed by atoms with Gasteiger partial charge in [-0.3, -0.25) is 9.59 Å². The van der Waals surface area contributed by atoms with E-state index in [-0.39, 0.29) is 0 Å². The van der Waals surface area contributed by atoms with Crippen LogP contribution < -0.4 is 11.5 Å². The van der Waals surface area contributed by atoms with Crippen molar-refractivity contribution in [1.29, 1.82) is 0 Å². The summed E-state index contributed by atoms with van der Waals surface area (Å²) >= 11 is 0. The van der Waals surface area contributed by atoms with Crippen LogP contribution >= 0.6 is 0 Å². The van der Waals surface area contributed by atoms with Crippen LogP contribution in [0.5, 0.6) is 0 Å². The highest BCUT2D eigenvalue weighted by atomic mass is 16.3. The molecular formula is C8H10N2O3. The summed E-state index contributed by atoms with van der Waals surface area (Å²) in [5.74, 6) is -2.87. The first-order chi connectivity index (χ1) is 5.98. The predicted molar refractivity (Wildman–Crippen MR) is 45.1 cm³/mol. The Morgan fingerprint density at radius 2 is 1.92 bits per heavy atom. The Bertz CT molecular complexity index is 309. The molecule has 5 heteroatoms. The summed E-state index contributed by atoms with van der Waals surface area (Å²) in [6.45, 7) is 0. The summed E-state index contributed by atoms with van der Waals surface area (Å²) in [4.78, 5) is 21.7. The molecule has 1 aliphatic rings. The van der Waals surface area contributed by atoms with Crippen LogP contribution in [0, 0.1) is 5.92 Å². The van der Waals surface area contributed by atoms with Crippen LogP contribution in [0.2, 0.25) is 0 Å². The molecule has 0 saturated heterocycles. The average molecular weight is 182 g/mol. The van der Waals surface area contributed by atoms with E-state index in [4.69, 9.17) is 11.5 Å². The summed E-state index contributed by atoms with van der Waals surface area (Å²) in [5, 5.41) is 9.67. The van der Waals surface area contributed by atoms with E-state index in [0.717, 1.165) is 6.08 Å². The molecule has 0 radical (unpaired) electrons. The van der Waals surface area contributed by atoms with Gasteiger partial charge in [0.25, 0.3) is 5.91 Å². The van der Waals surface area contributed by atoms with Crippen LogP contribution in [0.25, 0.3) is 0 Å². The fourth-order valence-corrected chi connectivity index (χ4v) is 1.18. The van der Waals surface area contributed by atoms with E-state index in [1.807, 2.05) is 0 Å². The number of primary amides is 2. The van der Waals surface area contributed by atoms with Crippen molar-refractivity contribution in [2.75, 3.05) is 0 Å². The Morgan fingerprint density at radius 3 is 2.31 bits per heavy atom. The average Bonchev–Trinajstić information content (AvgIpc) is 2.04. The number of carbonyl (C=O) groups excluding carboxylic acids is 2. The molecule has 2 unspecified atom stereocenters. The van der Waals surface area contributed by atoms with Gasteiger partial charge >= 0.3 is 0 Å². The SMILES string of the molecule is NC(=O)C1C=CC=CC1(O)C(N)=O. The summed E-state index contributed by atoms with van der Waals surface area (Å²) in [6, 6.07) is 0. The molecule has 0 saturated carbocycles. The van der Waals surface area contributed by atoms with Gasteiger partial charge in [0.05, 0.1) is 5.92 Å². The quantitative estimate of drug-likeness (QED) is 0.480. The van der Waals surface area contributed by atoms with E-state index in [1.54, 1.807) is 0 Å². The Kier molecular flexibility index (Phi) is 2.20. The van der Waals surface area contributed by atoms with Crippen molar-refractivity contribution >= 4 is 11.8 Å². The summed E-state index contributed by atoms with van der Waals surface area (Å²) < 4.78 is 0. The summed E-state index contributed by atoms with van der Waals surface area (Å²) in [5.41, 5.74) is 7.95. The fourth-order valence-electron chi connectivity index (χ4n) is 1.18. The van der Waals surface area contributed by atoms with Gasteiger partial charge in [0.2, 0.25) is 5.91 Å². The molecule has 0 aliphatic heterocycles. The second-order valence-corrected chi connectivity index (χ2v) is 2.81. The van der Waals surface area contributed by atoms with Gasteiger partial charge in [-0.1, -0.05) is 18.2 Å². The molecule has 0 aromatic rings. The van der Waals surface area contributed by atoms with Crippen molar-refractivity contribution < 1.29 is 14.7 Å². The molecule has 2 amide bonds. The van der Waals surface area contributed by atoms with Crippen LogP contribution in [0.1, 0.15) is 0 Å². The van der Waals surface area contributed by atoms with Gasteiger partial charge < -0.3 is 16.6 Å². The van der Waals surface area contributed by atoms with Gasteiger partial charge in [-0.2, -0.15) is 0 Å². The number of rotatable bonds is 2. The zero-order valence-electron chi connectivity index (χ0n) is 6.81. The number of hydrogen-bond acceptors (Lipinski definition) is 3. The van der Waals surface area contributed by atoms with Crippen LogP contribution in [0.15, 0.2) is 24.3 Å². The Hall–Kier alpha value is -1.62. The van der Waals surface area contributed by atoms with Gasteiger partial charge in [0.15, 0.2) is 5.60 Å². The standard InChI is InChI=1S/C8H10N2O3/c9-6(11)5-3-1-2-4-8(5,13)7(10)12/h1-5,13H,(H2,9,11)(H2,10,12). The first-order valence-electron chi connectivity index (χ1n) is 3.66. The van der Waals surface area contributed by atoms with Crippen LogP contribution in [-0.4, -0.2) is 22.5 Å². The Morgan fingerprint density at radius 1 is 1.31 bits per heavy atom. The summed E-state index contributed by atoms with van der Waals surface area (Å²) in [6.07, 6.45) is 5.45. The van der Waals surface area contributed by atoms with E-state index >= 15 is 0 Å². The van der Waals surface area contributed by atoms with Crippen LogP contribution in [0.4, 0.5) is 0 Å². The van der Waals surface area contributed by atoms with E-state index in [2.05, 4.69) is 0 Å². The molecule has 70 valence electrons. The lowest BCUT2D eigenvalue weighted by molar-refractivity contribution is -0.141. The van der Waals surface area contributed by atoms with Gasteiger partial charge in [-0.15, -0.1) is 0 Å². The van der Waals surface area contributed by atoms with Crippen molar-refractivity contribution in [2.24, 2.45) is 17.4 Å². The predicted octanol–water partition coefficient (Wildman–Crippen LogP) is -1.57. The van der Waals surface area contributed by atoms with Crippen molar-refractivity contribution in [3.8, 4) is 0 Å². The first-order valence-corrected chi connectivity index (χ1v) is 3.66. The molecule has 5 N–H and O–H groups in total. The zero-order valence-corrected chi connectivity index (χ0v) is 6.81. The van der Waals surface area contributed by atoms with Crippen molar-refractivity contribution in [1.82, 2.24) is 0 Å². The molecule has 1 aliphatic carbocycles. The number of allylic oxidation sites excluding steroid dienone is 2. The number of nitrogens with two attached hydrogens (primary N) is 2. The number of hydrogen-bond donors (Lipinski definition) is 3. The monoisotopic (exact) mass is 182 g/mol. The maximum Gasteiger partial charge on any atom is 0.254 e. The molecule has 0 heterocycles. The minimum absolute atomic E-state index is 0.790. The van der Waals surface area contributed by atoms with Crippen LogP contribution in [0.3, 0.4) is 0 Å². The van der Waals surface area contributed by atoms with Gasteiger partial charge in [0, 0.05) is 0 Å². The second-order valence-electron chi connectivity index (χ2n) is 2.81. The highest BCUT2D eigenvalue weighted by Gasteiger charge is 2.43. The van der Waals surface area contributed by atoms with Crippen LogP contribution in [-0.2, 0) is 9.59 Å². The number of aliphatic hydroxyl groups is 1. The Labute approximate surface area is 74.7 Å². The minimum atomic E-state index is -1.99. The number of carbonyl (C=O) groups is 2. The molecule has 0 spiro atoms. The zero-order chi connectivity index (χ0) is 10.1. The molecule has 0 aromatic carbocycles. The molecule has 13 heavy (non-hydrogen) atoms. The lowest BCUT2D eigenvalue weighted by Gasteiger charge is -2.27. The smallest absolute Gasteiger partial charge is 0.254 e. The van der Waals surface area contributed by atoms with E-state index in [1.165, 1.54) is 18.2 Å². The second kappa shape index (κ2) is 3.02. The molecule has 5 nitrogen and oxygen atoms in total. The van der Waals surface area contributed by atoms with Crippen molar-refractivity contribution in [2.45, 2.75) is 5.60 Å². The largest absolute Gasteiger partial charge is 0.375 e. The minimum Gasteiger partial charge on any atom is -0.375 e. The molecule has 0 aromatic heterocycles. The van der Waals surface area contributed by atoms with Crippen molar-refractivity contribution in [3.05, 3.63) is 24.3 Å². The Balaban J connectivity index is 3.07. The third-order valence-electron chi connectivity index (χ3n) is 1.94. The maximum atomic E-state index is 10.9. The lowest BCUT2D eigenvalue weighted by Crippen LogP contribution is -2.52. The van der Waals surface area contributed by atoms with Crippen molar-refractivity contribution in [3.63, 3.8) is 0 Å². The topological polar surface area (TPSA) is 106 Å². The first kappa shape index (κ1) is 9.47. The lowest BCUT2D eigenvalue weighted by atomic mass is 9.83.